The van der Waals surface area contributed by atoms with E-state index in [1.165, 1.54) is 28.6 Å². The van der Waals surface area contributed by atoms with Gasteiger partial charge in [-0.2, -0.15) is 4.31 Å². The van der Waals surface area contributed by atoms with Gasteiger partial charge in [-0.25, -0.2) is 12.8 Å². The van der Waals surface area contributed by atoms with E-state index < -0.39 is 15.8 Å². The number of halogens is 1. The summed E-state index contributed by atoms with van der Waals surface area (Å²) in [6, 6.07) is 5.48. The average molecular weight is 356 g/mol. The Morgan fingerprint density at radius 3 is 2.46 bits per heavy atom. The summed E-state index contributed by atoms with van der Waals surface area (Å²) in [4.78, 5) is 2.49. The molecule has 1 aromatic rings. The zero-order chi connectivity index (χ0) is 17.4. The van der Waals surface area contributed by atoms with Crippen LogP contribution < -0.4 is 0 Å². The smallest absolute Gasteiger partial charge is 0.243 e. The number of hydrogen-bond donors (Lipinski definition) is 0. The lowest BCUT2D eigenvalue weighted by atomic mass is 9.77. The number of piperidine rings is 1. The van der Waals surface area contributed by atoms with Gasteiger partial charge >= 0.3 is 0 Å². The van der Waals surface area contributed by atoms with Crippen LogP contribution in [-0.4, -0.2) is 64.1 Å². The van der Waals surface area contributed by atoms with Crippen LogP contribution in [0.4, 0.5) is 4.39 Å². The lowest BCUT2D eigenvalue weighted by molar-refractivity contribution is 0.129. The standard InChI is InChI=1S/C17H25FN2O3S/c1-19-13-17(11-15(19)12-23-2)7-9-20(10-8-17)24(21,22)16-5-3-14(18)4-6-16/h3-6,15H,7-13H2,1-2H3/t15-/m0/s1. The highest BCUT2D eigenvalue weighted by Crippen LogP contribution is 2.43. The van der Waals surface area contributed by atoms with Crippen LogP contribution in [0.5, 0.6) is 0 Å². The van der Waals surface area contributed by atoms with Crippen molar-refractivity contribution in [2.75, 3.05) is 40.4 Å². The minimum absolute atomic E-state index is 0.167. The van der Waals surface area contributed by atoms with Gasteiger partial charge in [0.25, 0.3) is 0 Å². The molecule has 1 aromatic carbocycles. The van der Waals surface area contributed by atoms with Crippen molar-refractivity contribution >= 4 is 10.0 Å². The van der Waals surface area contributed by atoms with Crippen LogP contribution in [0, 0.1) is 11.2 Å². The molecule has 0 amide bonds. The molecule has 7 heteroatoms. The second kappa shape index (κ2) is 6.71. The Balaban J connectivity index is 1.68. The molecule has 2 aliphatic heterocycles. The van der Waals surface area contributed by atoms with Gasteiger partial charge in [0.2, 0.25) is 10.0 Å². The summed E-state index contributed by atoms with van der Waals surface area (Å²) in [5.41, 5.74) is 0.187. The number of benzene rings is 1. The Labute approximate surface area is 143 Å². The molecule has 2 aliphatic rings. The van der Waals surface area contributed by atoms with Gasteiger partial charge in [-0.05, 0) is 56.0 Å². The largest absolute Gasteiger partial charge is 0.383 e. The van der Waals surface area contributed by atoms with Crippen LogP contribution in [-0.2, 0) is 14.8 Å². The van der Waals surface area contributed by atoms with Gasteiger partial charge in [-0.15, -0.1) is 0 Å². The second-order valence-corrected chi connectivity index (χ2v) is 9.02. The molecule has 0 N–H and O–H groups in total. The van der Waals surface area contributed by atoms with E-state index in [0.717, 1.165) is 32.4 Å². The molecule has 5 nitrogen and oxygen atoms in total. The summed E-state index contributed by atoms with van der Waals surface area (Å²) < 4.78 is 45.3. The lowest BCUT2D eigenvalue weighted by Crippen LogP contribution is -2.44. The van der Waals surface area contributed by atoms with Crippen LogP contribution in [0.3, 0.4) is 0 Å². The Bertz CT molecular complexity index is 670. The Kier molecular flexibility index (Phi) is 4.97. The number of likely N-dealkylation sites (tertiary alicyclic amines) is 1. The van der Waals surface area contributed by atoms with Crippen LogP contribution in [0.1, 0.15) is 19.3 Å². The van der Waals surface area contributed by atoms with E-state index in [0.29, 0.717) is 19.1 Å². The minimum atomic E-state index is -3.53. The fourth-order valence-electron chi connectivity index (χ4n) is 4.08. The maximum absolute atomic E-state index is 13.0. The molecule has 1 spiro atoms. The molecule has 2 heterocycles. The zero-order valence-electron chi connectivity index (χ0n) is 14.2. The predicted octanol–water partition coefficient (Wildman–Crippen LogP) is 1.95. The van der Waals surface area contributed by atoms with E-state index in [-0.39, 0.29) is 10.3 Å². The summed E-state index contributed by atoms with van der Waals surface area (Å²) >= 11 is 0. The van der Waals surface area contributed by atoms with E-state index in [4.69, 9.17) is 4.74 Å². The van der Waals surface area contributed by atoms with Gasteiger partial charge in [0.05, 0.1) is 11.5 Å². The van der Waals surface area contributed by atoms with Crippen molar-refractivity contribution in [3.05, 3.63) is 30.1 Å². The topological polar surface area (TPSA) is 49.9 Å². The van der Waals surface area contributed by atoms with Gasteiger partial charge in [0.1, 0.15) is 5.82 Å². The predicted molar refractivity (Wildman–Crippen MR) is 89.7 cm³/mol. The first kappa shape index (κ1) is 17.8. The molecule has 2 saturated heterocycles. The van der Waals surface area contributed by atoms with E-state index in [9.17, 15) is 12.8 Å². The van der Waals surface area contributed by atoms with Crippen molar-refractivity contribution in [1.82, 2.24) is 9.21 Å². The van der Waals surface area contributed by atoms with Crippen molar-refractivity contribution in [2.45, 2.75) is 30.2 Å². The number of ether oxygens (including phenoxy) is 1. The number of rotatable bonds is 4. The van der Waals surface area contributed by atoms with Crippen molar-refractivity contribution < 1.29 is 17.5 Å². The molecule has 0 aromatic heterocycles. The van der Waals surface area contributed by atoms with Crippen molar-refractivity contribution in [1.29, 1.82) is 0 Å². The first-order valence-corrected chi connectivity index (χ1v) is 9.75. The lowest BCUT2D eigenvalue weighted by Gasteiger charge is -2.38. The summed E-state index contributed by atoms with van der Waals surface area (Å²) in [5.74, 6) is -0.426. The van der Waals surface area contributed by atoms with Gasteiger partial charge in [0.15, 0.2) is 0 Å². The van der Waals surface area contributed by atoms with Gasteiger partial charge in [0, 0.05) is 32.8 Å². The van der Waals surface area contributed by atoms with Crippen molar-refractivity contribution in [3.63, 3.8) is 0 Å². The Morgan fingerprint density at radius 1 is 1.25 bits per heavy atom. The molecule has 0 unspecified atom stereocenters. The molecule has 24 heavy (non-hydrogen) atoms. The molecule has 0 radical (unpaired) electrons. The number of nitrogens with zero attached hydrogens (tertiary/aromatic N) is 2. The quantitative estimate of drug-likeness (QED) is 0.827. The normalized spacial score (nSPS) is 25.4. The van der Waals surface area contributed by atoms with Gasteiger partial charge < -0.3 is 9.64 Å². The maximum Gasteiger partial charge on any atom is 0.243 e. The summed E-state index contributed by atoms with van der Waals surface area (Å²) in [7, 11) is 0.296. The van der Waals surface area contributed by atoms with Crippen LogP contribution in [0.15, 0.2) is 29.2 Å². The third-order valence-corrected chi connectivity index (χ3v) is 7.38. The SMILES string of the molecule is COC[C@@H]1CC2(CCN(S(=O)(=O)c3ccc(F)cc3)CC2)CN1C. The number of sulfonamides is 1. The Hall–Kier alpha value is -1.02. The monoisotopic (exact) mass is 356 g/mol. The second-order valence-electron chi connectivity index (χ2n) is 7.09. The third-order valence-electron chi connectivity index (χ3n) is 5.47. The molecular weight excluding hydrogens is 331 g/mol. The molecule has 0 saturated carbocycles. The highest BCUT2D eigenvalue weighted by Gasteiger charge is 2.45. The molecule has 2 fully saturated rings. The maximum atomic E-state index is 13.0. The molecule has 1 atom stereocenters. The number of hydrogen-bond acceptors (Lipinski definition) is 4. The van der Waals surface area contributed by atoms with Gasteiger partial charge in [-0.1, -0.05) is 0 Å². The van der Waals surface area contributed by atoms with Crippen molar-refractivity contribution in [2.24, 2.45) is 5.41 Å². The summed E-state index contributed by atoms with van der Waals surface area (Å²) in [6.45, 7) is 2.75. The fraction of sp³-hybridized carbons (Fsp3) is 0.647. The third kappa shape index (κ3) is 3.35. The summed E-state index contributed by atoms with van der Waals surface area (Å²) in [5, 5.41) is 0. The summed E-state index contributed by atoms with van der Waals surface area (Å²) in [6.07, 6.45) is 2.78. The molecule has 3 rings (SSSR count). The zero-order valence-corrected chi connectivity index (χ0v) is 15.1. The van der Waals surface area contributed by atoms with Crippen LogP contribution in [0.25, 0.3) is 0 Å². The van der Waals surface area contributed by atoms with E-state index >= 15 is 0 Å². The first-order chi connectivity index (χ1) is 11.4. The first-order valence-electron chi connectivity index (χ1n) is 8.31. The fourth-order valence-corrected chi connectivity index (χ4v) is 5.52. The van der Waals surface area contributed by atoms with Crippen LogP contribution in [0.2, 0.25) is 0 Å². The van der Waals surface area contributed by atoms with E-state index in [1.807, 2.05) is 0 Å². The number of likely N-dealkylation sites (N-methyl/N-ethyl adjacent to an activating group) is 1. The van der Waals surface area contributed by atoms with Crippen molar-refractivity contribution in [3.8, 4) is 0 Å². The average Bonchev–Trinajstić information content (AvgIpc) is 2.84. The van der Waals surface area contributed by atoms with Crippen LogP contribution >= 0.6 is 0 Å². The highest BCUT2D eigenvalue weighted by atomic mass is 32.2. The molecule has 134 valence electrons. The van der Waals surface area contributed by atoms with Gasteiger partial charge in [-0.3, -0.25) is 0 Å². The highest BCUT2D eigenvalue weighted by molar-refractivity contribution is 7.89. The van der Waals surface area contributed by atoms with E-state index in [2.05, 4.69) is 11.9 Å². The molecular formula is C17H25FN2O3S. The molecule has 0 aliphatic carbocycles. The molecule has 0 bridgehead atoms. The Morgan fingerprint density at radius 2 is 1.88 bits per heavy atom. The minimum Gasteiger partial charge on any atom is -0.383 e. The number of methoxy groups -OCH3 is 1. The van der Waals surface area contributed by atoms with E-state index in [1.54, 1.807) is 7.11 Å².